The van der Waals surface area contributed by atoms with Gasteiger partial charge in [0, 0.05) is 18.5 Å². The molecule has 1 saturated heterocycles. The van der Waals surface area contributed by atoms with Gasteiger partial charge in [-0.25, -0.2) is 14.8 Å². The van der Waals surface area contributed by atoms with Gasteiger partial charge in [-0.2, -0.15) is 0 Å². The number of esters is 1. The van der Waals surface area contributed by atoms with Gasteiger partial charge in [-0.1, -0.05) is 19.4 Å². The second-order valence-corrected chi connectivity index (χ2v) is 7.91. The largest absolute Gasteiger partial charge is 0.462 e. The molecule has 1 aliphatic heterocycles. The van der Waals surface area contributed by atoms with Crippen molar-refractivity contribution >= 4 is 11.8 Å². The summed E-state index contributed by atoms with van der Waals surface area (Å²) in [7, 11) is 0. The van der Waals surface area contributed by atoms with Gasteiger partial charge >= 0.3 is 5.97 Å². The number of hydrogen-bond acceptors (Lipinski definition) is 6. The molecule has 1 aromatic carbocycles. The topological polar surface area (TPSA) is 67.3 Å². The van der Waals surface area contributed by atoms with Gasteiger partial charge in [-0.05, 0) is 68.6 Å². The molecule has 0 unspecified atom stereocenters. The van der Waals surface area contributed by atoms with E-state index in [4.69, 9.17) is 4.74 Å². The van der Waals surface area contributed by atoms with E-state index < -0.39 is 0 Å². The van der Waals surface area contributed by atoms with Crippen LogP contribution in [-0.2, 0) is 11.2 Å². The summed E-state index contributed by atoms with van der Waals surface area (Å²) in [6, 6.07) is 5.79. The van der Waals surface area contributed by atoms with E-state index in [0.29, 0.717) is 12.2 Å². The van der Waals surface area contributed by atoms with Crippen LogP contribution in [0.1, 0.15) is 60.6 Å². The van der Waals surface area contributed by atoms with Crippen LogP contribution in [0.2, 0.25) is 0 Å². The Morgan fingerprint density at radius 2 is 2.07 bits per heavy atom. The number of fused-ring (bicyclic) bond motifs is 3. The fourth-order valence-electron chi connectivity index (χ4n) is 4.23. The second kappa shape index (κ2) is 9.35. The number of nitrogens with one attached hydrogen (secondary N) is 1. The number of carbonyl (C=O) groups is 1. The number of piperidine rings is 1. The predicted octanol–water partition coefficient (Wildman–Crippen LogP) is 3.90. The molecule has 6 heteroatoms. The molecule has 0 amide bonds. The Labute approximate surface area is 172 Å². The fraction of sp³-hybridized carbons (Fsp3) is 0.522. The van der Waals surface area contributed by atoms with E-state index in [-0.39, 0.29) is 5.97 Å². The van der Waals surface area contributed by atoms with E-state index in [1.165, 1.54) is 32.4 Å². The highest BCUT2D eigenvalue weighted by molar-refractivity contribution is 5.92. The van der Waals surface area contributed by atoms with Crippen LogP contribution < -0.4 is 5.32 Å². The maximum absolute atomic E-state index is 12.2. The van der Waals surface area contributed by atoms with Crippen molar-refractivity contribution in [3.8, 4) is 11.1 Å². The molecule has 154 valence electrons. The van der Waals surface area contributed by atoms with Crippen molar-refractivity contribution in [3.63, 3.8) is 0 Å². The molecule has 0 bridgehead atoms. The summed E-state index contributed by atoms with van der Waals surface area (Å²) in [4.78, 5) is 23.7. The number of nitrogens with zero attached hydrogens (tertiary/aromatic N) is 3. The molecule has 2 aromatic rings. The van der Waals surface area contributed by atoms with Crippen LogP contribution in [0.5, 0.6) is 0 Å². The third-order valence-corrected chi connectivity index (χ3v) is 5.72. The first-order valence-electron chi connectivity index (χ1n) is 10.9. The Morgan fingerprint density at radius 3 is 2.90 bits per heavy atom. The number of rotatable bonds is 8. The zero-order valence-corrected chi connectivity index (χ0v) is 17.2. The third kappa shape index (κ3) is 4.58. The van der Waals surface area contributed by atoms with E-state index in [1.807, 2.05) is 25.1 Å². The molecule has 0 spiro atoms. The molecule has 1 fully saturated rings. The number of benzene rings is 1. The second-order valence-electron chi connectivity index (χ2n) is 7.91. The minimum Gasteiger partial charge on any atom is -0.462 e. The van der Waals surface area contributed by atoms with Gasteiger partial charge in [0.15, 0.2) is 0 Å². The third-order valence-electron chi connectivity index (χ3n) is 5.72. The molecule has 1 aliphatic carbocycles. The number of aromatic nitrogens is 2. The maximum Gasteiger partial charge on any atom is 0.338 e. The Hall–Kier alpha value is -2.47. The fourth-order valence-corrected chi connectivity index (χ4v) is 4.23. The number of anilines is 1. The van der Waals surface area contributed by atoms with Crippen LogP contribution in [0.3, 0.4) is 0 Å². The molecule has 4 rings (SSSR count). The van der Waals surface area contributed by atoms with Crippen LogP contribution >= 0.6 is 0 Å². The average molecular weight is 395 g/mol. The summed E-state index contributed by atoms with van der Waals surface area (Å²) >= 11 is 0. The molecular formula is C23H30N4O2. The molecule has 0 atom stereocenters. The minimum atomic E-state index is -0.257. The van der Waals surface area contributed by atoms with E-state index in [9.17, 15) is 4.79 Å². The summed E-state index contributed by atoms with van der Waals surface area (Å²) in [6.07, 6.45) is 8.32. The van der Waals surface area contributed by atoms with Crippen molar-refractivity contribution < 1.29 is 9.53 Å². The van der Waals surface area contributed by atoms with E-state index in [1.54, 1.807) is 6.33 Å². The smallest absolute Gasteiger partial charge is 0.338 e. The first-order valence-corrected chi connectivity index (χ1v) is 10.9. The van der Waals surface area contributed by atoms with Crippen LogP contribution in [0.4, 0.5) is 5.82 Å². The number of ether oxygens (including phenoxy) is 1. The summed E-state index contributed by atoms with van der Waals surface area (Å²) < 4.78 is 5.27. The Kier molecular flexibility index (Phi) is 6.39. The highest BCUT2D eigenvalue weighted by Crippen LogP contribution is 2.39. The van der Waals surface area contributed by atoms with Gasteiger partial charge in [0.05, 0.1) is 17.9 Å². The molecule has 2 aliphatic rings. The minimum absolute atomic E-state index is 0.257. The Balaban J connectivity index is 1.42. The number of hydrogen-bond donors (Lipinski definition) is 1. The van der Waals surface area contributed by atoms with Crippen LogP contribution in [0.25, 0.3) is 11.1 Å². The molecule has 0 radical (unpaired) electrons. The molecular weight excluding hydrogens is 364 g/mol. The van der Waals surface area contributed by atoms with Gasteiger partial charge in [-0.3, -0.25) is 0 Å². The summed E-state index contributed by atoms with van der Waals surface area (Å²) in [5, 5.41) is 3.52. The quantitative estimate of drug-likeness (QED) is 0.462. The number of likely N-dealkylation sites (tertiary alicyclic amines) is 1. The van der Waals surface area contributed by atoms with Crippen LogP contribution in [-0.4, -0.2) is 53.6 Å². The summed E-state index contributed by atoms with van der Waals surface area (Å²) in [5.74, 6) is 0.640. The Morgan fingerprint density at radius 1 is 1.21 bits per heavy atom. The lowest BCUT2D eigenvalue weighted by atomic mass is 10.0. The predicted molar refractivity (Wildman–Crippen MR) is 114 cm³/mol. The lowest BCUT2D eigenvalue weighted by Crippen LogP contribution is -2.31. The first kappa shape index (κ1) is 19.8. The van der Waals surface area contributed by atoms with E-state index >= 15 is 0 Å². The SMILES string of the molecule is CCCOC(=O)c1ccc2c(c1)Cc1ncnc(NCCCN3CCCCC3)c1-2. The highest BCUT2D eigenvalue weighted by atomic mass is 16.5. The molecule has 0 saturated carbocycles. The van der Waals surface area contributed by atoms with Crippen molar-refractivity contribution in [3.05, 3.63) is 41.3 Å². The average Bonchev–Trinajstić information content (AvgIpc) is 3.14. The van der Waals surface area contributed by atoms with Gasteiger partial charge in [0.1, 0.15) is 12.1 Å². The Bertz CT molecular complexity index is 862. The highest BCUT2D eigenvalue weighted by Gasteiger charge is 2.25. The lowest BCUT2D eigenvalue weighted by Gasteiger charge is -2.26. The number of carbonyl (C=O) groups excluding carboxylic acids is 1. The monoisotopic (exact) mass is 394 g/mol. The molecule has 6 nitrogen and oxygen atoms in total. The zero-order valence-electron chi connectivity index (χ0n) is 17.2. The van der Waals surface area contributed by atoms with Crippen molar-refractivity contribution in [1.29, 1.82) is 0 Å². The standard InChI is InChI=1S/C23H30N4O2/c1-2-13-29-23(28)17-7-8-19-18(14-17)15-20-21(19)22(26-16-25-20)24-9-6-12-27-10-4-3-5-11-27/h7-8,14,16H,2-6,9-13,15H2,1H3,(H,24,25,26). The molecule has 29 heavy (non-hydrogen) atoms. The van der Waals surface area contributed by atoms with Crippen LogP contribution in [0.15, 0.2) is 24.5 Å². The maximum atomic E-state index is 12.2. The molecule has 1 aromatic heterocycles. The van der Waals surface area contributed by atoms with Gasteiger partial charge in [0.2, 0.25) is 0 Å². The zero-order chi connectivity index (χ0) is 20.1. The first-order chi connectivity index (χ1) is 14.3. The lowest BCUT2D eigenvalue weighted by molar-refractivity contribution is 0.0505. The van der Waals surface area contributed by atoms with E-state index in [0.717, 1.165) is 60.6 Å². The van der Waals surface area contributed by atoms with Crippen molar-refractivity contribution in [1.82, 2.24) is 14.9 Å². The van der Waals surface area contributed by atoms with Crippen molar-refractivity contribution in [2.75, 3.05) is 38.1 Å². The van der Waals surface area contributed by atoms with Crippen molar-refractivity contribution in [2.24, 2.45) is 0 Å². The van der Waals surface area contributed by atoms with Gasteiger partial charge in [-0.15, -0.1) is 0 Å². The molecule has 1 N–H and O–H groups in total. The van der Waals surface area contributed by atoms with Crippen LogP contribution in [0, 0.1) is 0 Å². The van der Waals surface area contributed by atoms with E-state index in [2.05, 4.69) is 20.2 Å². The van der Waals surface area contributed by atoms with Gasteiger partial charge in [0.25, 0.3) is 0 Å². The normalized spacial score (nSPS) is 15.6. The van der Waals surface area contributed by atoms with Gasteiger partial charge < -0.3 is 15.0 Å². The summed E-state index contributed by atoms with van der Waals surface area (Å²) in [6.45, 7) is 6.95. The molecule has 2 heterocycles. The van der Waals surface area contributed by atoms with Crippen molar-refractivity contribution in [2.45, 2.75) is 45.4 Å². The summed E-state index contributed by atoms with van der Waals surface area (Å²) in [5.41, 5.74) is 4.93.